The molecule has 11 nitrogen and oxygen atoms in total. The van der Waals surface area contributed by atoms with Gasteiger partial charge in [-0.1, -0.05) is 182 Å². The standard InChI is InChI=1S/C56H63NO10/c1-60-56-55(66-38-45-30-18-7-19-31-45)54(65-37-44-28-16-6-17-29-44)53(67-56)50(59)47(58)32-46-51(63-35-42-24-12-4-13-25-42)52(64-36-43-26-14-5-15-27-43)49(57-46)48(62-34-41-22-10-3-11-23-41)39-61-33-40-20-8-2-9-21-40/h2-31,46-59H,32-39H2,1H3/t46-,47-,48+,49-,50+,51+,52+,53-,54-,55+,56-/m0/s1. The van der Waals surface area contributed by atoms with Gasteiger partial charge in [0, 0.05) is 13.2 Å². The van der Waals surface area contributed by atoms with Crippen LogP contribution in [-0.4, -0.2) is 91.1 Å². The fraction of sp³-hybridized carbons (Fsp3) is 0.357. The summed E-state index contributed by atoms with van der Waals surface area (Å²) in [5.74, 6) is 0. The van der Waals surface area contributed by atoms with Crippen LogP contribution in [0.3, 0.4) is 0 Å². The molecule has 11 heteroatoms. The van der Waals surface area contributed by atoms with Gasteiger partial charge in [-0.15, -0.1) is 0 Å². The molecule has 0 aliphatic carbocycles. The Balaban J connectivity index is 1.07. The van der Waals surface area contributed by atoms with Crippen LogP contribution in [0.15, 0.2) is 182 Å². The van der Waals surface area contributed by atoms with Gasteiger partial charge in [0.05, 0.1) is 64.5 Å². The van der Waals surface area contributed by atoms with Crippen molar-refractivity contribution in [3.63, 3.8) is 0 Å². The molecule has 0 radical (unpaired) electrons. The molecule has 0 saturated carbocycles. The van der Waals surface area contributed by atoms with Crippen LogP contribution in [0.4, 0.5) is 0 Å². The Bertz CT molecular complexity index is 2260. The van der Waals surface area contributed by atoms with Crippen LogP contribution in [0.5, 0.6) is 0 Å². The van der Waals surface area contributed by atoms with E-state index < -0.39 is 67.2 Å². The van der Waals surface area contributed by atoms with Gasteiger partial charge in [0.15, 0.2) is 6.29 Å². The van der Waals surface area contributed by atoms with Gasteiger partial charge in [0.2, 0.25) is 0 Å². The molecule has 2 saturated heterocycles. The first-order valence-electron chi connectivity index (χ1n) is 23.2. The van der Waals surface area contributed by atoms with Gasteiger partial charge in [-0.3, -0.25) is 0 Å². The van der Waals surface area contributed by atoms with Crippen molar-refractivity contribution < 1.29 is 48.1 Å². The minimum Gasteiger partial charge on any atom is -0.390 e. The number of rotatable bonds is 25. The predicted molar refractivity (Wildman–Crippen MR) is 254 cm³/mol. The van der Waals surface area contributed by atoms with E-state index in [4.69, 9.17) is 37.9 Å². The van der Waals surface area contributed by atoms with Crippen molar-refractivity contribution in [3.05, 3.63) is 215 Å². The topological polar surface area (TPSA) is 126 Å². The molecule has 2 aliphatic rings. The van der Waals surface area contributed by atoms with Gasteiger partial charge in [-0.05, 0) is 39.8 Å². The number of ether oxygens (including phenoxy) is 8. The highest BCUT2D eigenvalue weighted by atomic mass is 16.7. The summed E-state index contributed by atoms with van der Waals surface area (Å²) in [5, 5.41) is 28.4. The molecule has 6 aromatic carbocycles. The number of nitrogens with one attached hydrogen (secondary N) is 1. The Hall–Kier alpha value is -5.12. The number of aliphatic hydroxyl groups is 2. The molecular weight excluding hydrogens is 847 g/mol. The van der Waals surface area contributed by atoms with Crippen LogP contribution >= 0.6 is 0 Å². The van der Waals surface area contributed by atoms with E-state index >= 15 is 0 Å². The normalized spacial score (nSPS) is 24.0. The summed E-state index contributed by atoms with van der Waals surface area (Å²) in [6, 6.07) is 58.7. The lowest BCUT2D eigenvalue weighted by Crippen LogP contribution is -2.50. The molecule has 2 aliphatic heterocycles. The van der Waals surface area contributed by atoms with Crippen LogP contribution in [0.1, 0.15) is 39.8 Å². The van der Waals surface area contributed by atoms with E-state index in [1.54, 1.807) is 0 Å². The van der Waals surface area contributed by atoms with E-state index in [-0.39, 0.29) is 32.8 Å². The van der Waals surface area contributed by atoms with E-state index in [9.17, 15) is 10.2 Å². The molecule has 2 heterocycles. The summed E-state index contributed by atoms with van der Waals surface area (Å²) in [5.41, 5.74) is 5.95. The Morgan fingerprint density at radius 2 is 0.866 bits per heavy atom. The monoisotopic (exact) mass is 909 g/mol. The lowest BCUT2D eigenvalue weighted by atomic mass is 9.94. The third kappa shape index (κ3) is 13.8. The van der Waals surface area contributed by atoms with Crippen molar-refractivity contribution in [2.24, 2.45) is 0 Å². The van der Waals surface area contributed by atoms with Gasteiger partial charge >= 0.3 is 0 Å². The molecule has 11 atom stereocenters. The van der Waals surface area contributed by atoms with Gasteiger partial charge in [-0.25, -0.2) is 0 Å². The quantitative estimate of drug-likeness (QED) is 0.0519. The van der Waals surface area contributed by atoms with Crippen molar-refractivity contribution >= 4 is 0 Å². The highest BCUT2D eigenvalue weighted by molar-refractivity contribution is 5.19. The second kappa shape index (κ2) is 25.3. The van der Waals surface area contributed by atoms with Crippen LogP contribution in [0.25, 0.3) is 0 Å². The highest BCUT2D eigenvalue weighted by Gasteiger charge is 2.53. The predicted octanol–water partition coefficient (Wildman–Crippen LogP) is 7.95. The SMILES string of the molecule is CO[C@H]1O[C@@H]([C@H](O)[C@@H](O)C[C@@H]2N[C@@H]([C@@H](COCc3ccccc3)OCc3ccccc3)[C@@H](OCc3ccccc3)[C@@H]2OCc2ccccc2)[C@H](OCc2ccccc2)[C@H]1OCc1ccccc1. The summed E-state index contributed by atoms with van der Waals surface area (Å²) in [7, 11) is 1.54. The maximum Gasteiger partial charge on any atom is 0.186 e. The molecule has 3 N–H and O–H groups in total. The van der Waals surface area contributed by atoms with Crippen LogP contribution < -0.4 is 5.32 Å². The van der Waals surface area contributed by atoms with Gasteiger partial charge < -0.3 is 53.4 Å². The second-order valence-electron chi connectivity index (χ2n) is 17.2. The molecule has 0 unspecified atom stereocenters. The lowest BCUT2D eigenvalue weighted by Gasteiger charge is -2.31. The van der Waals surface area contributed by atoms with E-state index in [0.29, 0.717) is 19.8 Å². The number of hydrogen-bond donors (Lipinski definition) is 3. The van der Waals surface area contributed by atoms with E-state index in [1.165, 1.54) is 7.11 Å². The first-order chi connectivity index (χ1) is 33.0. The second-order valence-corrected chi connectivity index (χ2v) is 17.2. The third-order valence-corrected chi connectivity index (χ3v) is 12.4. The van der Waals surface area contributed by atoms with Crippen molar-refractivity contribution in [3.8, 4) is 0 Å². The van der Waals surface area contributed by atoms with Crippen molar-refractivity contribution in [1.82, 2.24) is 5.32 Å². The number of hydrogen-bond acceptors (Lipinski definition) is 11. The average molecular weight is 910 g/mol. The van der Waals surface area contributed by atoms with Crippen LogP contribution in [0.2, 0.25) is 0 Å². The zero-order chi connectivity index (χ0) is 46.0. The smallest absolute Gasteiger partial charge is 0.186 e. The zero-order valence-electron chi connectivity index (χ0n) is 38.0. The number of benzene rings is 6. The molecule has 6 aromatic rings. The highest BCUT2D eigenvalue weighted by Crippen LogP contribution is 2.35. The van der Waals surface area contributed by atoms with Crippen LogP contribution in [-0.2, 0) is 77.5 Å². The molecule has 0 amide bonds. The Labute approximate surface area is 394 Å². The molecule has 352 valence electrons. The largest absolute Gasteiger partial charge is 0.390 e. The Morgan fingerprint density at radius 1 is 0.478 bits per heavy atom. The summed E-state index contributed by atoms with van der Waals surface area (Å²) in [6.07, 6.45) is -7.75. The molecule has 0 aromatic heterocycles. The first kappa shape index (κ1) is 48.3. The molecule has 0 spiro atoms. The Morgan fingerprint density at radius 3 is 1.31 bits per heavy atom. The molecule has 2 fully saturated rings. The summed E-state index contributed by atoms with van der Waals surface area (Å²) in [6.45, 7) is 2.07. The van der Waals surface area contributed by atoms with E-state index in [2.05, 4.69) is 5.32 Å². The maximum atomic E-state index is 12.3. The summed E-state index contributed by atoms with van der Waals surface area (Å²) < 4.78 is 52.3. The molecular formula is C56H63NO10. The lowest BCUT2D eigenvalue weighted by molar-refractivity contribution is -0.183. The minimum atomic E-state index is -1.41. The van der Waals surface area contributed by atoms with Gasteiger partial charge in [0.25, 0.3) is 0 Å². The van der Waals surface area contributed by atoms with Crippen molar-refractivity contribution in [1.29, 1.82) is 0 Å². The molecule has 0 bridgehead atoms. The minimum absolute atomic E-state index is 0.0665. The fourth-order valence-corrected chi connectivity index (χ4v) is 8.87. The first-order valence-corrected chi connectivity index (χ1v) is 23.2. The van der Waals surface area contributed by atoms with E-state index in [0.717, 1.165) is 33.4 Å². The Kier molecular flexibility index (Phi) is 18.3. The fourth-order valence-electron chi connectivity index (χ4n) is 8.87. The average Bonchev–Trinajstić information content (AvgIpc) is 3.92. The summed E-state index contributed by atoms with van der Waals surface area (Å²) in [4.78, 5) is 0. The summed E-state index contributed by atoms with van der Waals surface area (Å²) >= 11 is 0. The number of aliphatic hydroxyl groups excluding tert-OH is 2. The zero-order valence-corrected chi connectivity index (χ0v) is 38.0. The molecule has 67 heavy (non-hydrogen) atoms. The third-order valence-electron chi connectivity index (χ3n) is 12.4. The van der Waals surface area contributed by atoms with Crippen molar-refractivity contribution in [2.75, 3.05) is 13.7 Å². The molecule has 8 rings (SSSR count). The van der Waals surface area contributed by atoms with Gasteiger partial charge in [-0.2, -0.15) is 0 Å². The van der Waals surface area contributed by atoms with Crippen LogP contribution in [0, 0.1) is 0 Å². The van der Waals surface area contributed by atoms with Crippen molar-refractivity contribution in [2.45, 2.75) is 113 Å². The number of methoxy groups -OCH3 is 1. The van der Waals surface area contributed by atoms with E-state index in [1.807, 2.05) is 182 Å². The maximum absolute atomic E-state index is 12.3. The van der Waals surface area contributed by atoms with Gasteiger partial charge in [0.1, 0.15) is 36.6 Å².